The minimum Gasteiger partial charge on any atom is -0.356 e. The topological polar surface area (TPSA) is 65.0 Å². The van der Waals surface area contributed by atoms with Crippen LogP contribution in [0.2, 0.25) is 0 Å². The summed E-state index contributed by atoms with van der Waals surface area (Å²) in [4.78, 5) is 7.79. The second-order valence-electron chi connectivity index (χ2n) is 8.06. The zero-order chi connectivity index (χ0) is 20.5. The van der Waals surface area contributed by atoms with Gasteiger partial charge in [-0.3, -0.25) is 4.99 Å². The van der Waals surface area contributed by atoms with E-state index in [0.29, 0.717) is 17.3 Å². The largest absolute Gasteiger partial charge is 0.356 e. The van der Waals surface area contributed by atoms with Gasteiger partial charge in [0.2, 0.25) is 0 Å². The number of nitrogens with one attached hydrogen (secondary N) is 1. The molecule has 28 heavy (non-hydrogen) atoms. The first-order valence-electron chi connectivity index (χ1n) is 9.58. The lowest BCUT2D eigenvalue weighted by Crippen LogP contribution is -2.72. The maximum Gasteiger partial charge on any atom is 0.252 e. The number of rotatable bonds is 7. The summed E-state index contributed by atoms with van der Waals surface area (Å²) in [5, 5.41) is 3.43. The number of nitrogens with zero attached hydrogens (tertiary/aromatic N) is 3. The molecule has 6 nitrogen and oxygen atoms in total. The SMILES string of the molecule is CCN(CC)S(=O)(=O)c1ccc(CCNC(=NC)N2CC(C)(C)C2(C)C)s1.I. The number of thiophene rings is 1. The molecule has 2 heterocycles. The Morgan fingerprint density at radius 2 is 1.86 bits per heavy atom. The van der Waals surface area contributed by atoms with E-state index >= 15 is 0 Å². The summed E-state index contributed by atoms with van der Waals surface area (Å²) in [6.45, 7) is 15.5. The van der Waals surface area contributed by atoms with Crippen LogP contribution >= 0.6 is 35.3 Å². The van der Waals surface area contributed by atoms with E-state index in [1.807, 2.05) is 27.0 Å². The quantitative estimate of drug-likeness (QED) is 0.325. The number of aliphatic imine (C=N–C) groups is 1. The second kappa shape index (κ2) is 9.61. The van der Waals surface area contributed by atoms with Gasteiger partial charge in [0.05, 0.1) is 0 Å². The first-order chi connectivity index (χ1) is 12.5. The van der Waals surface area contributed by atoms with Gasteiger partial charge in [-0.15, -0.1) is 35.3 Å². The van der Waals surface area contributed by atoms with Gasteiger partial charge in [-0.2, -0.15) is 4.31 Å². The van der Waals surface area contributed by atoms with Gasteiger partial charge in [-0.1, -0.05) is 27.7 Å². The standard InChI is InChI=1S/C19H34N4O2S2.HI/c1-8-22(9-2)27(24,25)16-11-10-15(26-16)12-13-21-17(20-7)23-14-18(3,4)19(23,5)6;/h10-11H,8-9,12-14H2,1-7H3,(H,20,21);1H. The van der Waals surface area contributed by atoms with E-state index in [4.69, 9.17) is 0 Å². The number of hydrogen-bond donors (Lipinski definition) is 1. The van der Waals surface area contributed by atoms with Gasteiger partial charge in [0.1, 0.15) is 4.21 Å². The molecule has 9 heteroatoms. The Morgan fingerprint density at radius 1 is 1.25 bits per heavy atom. The van der Waals surface area contributed by atoms with Crippen LogP contribution in [0.25, 0.3) is 0 Å². The molecule has 0 aromatic carbocycles. The van der Waals surface area contributed by atoms with Crippen molar-refractivity contribution in [1.29, 1.82) is 0 Å². The van der Waals surface area contributed by atoms with Gasteiger partial charge in [-0.05, 0) is 32.4 Å². The summed E-state index contributed by atoms with van der Waals surface area (Å²) in [5.41, 5.74) is 0.314. The van der Waals surface area contributed by atoms with Gasteiger partial charge in [0.25, 0.3) is 10.0 Å². The van der Waals surface area contributed by atoms with Crippen LogP contribution < -0.4 is 5.32 Å². The highest BCUT2D eigenvalue weighted by Crippen LogP contribution is 2.46. The fraction of sp³-hybridized carbons (Fsp3) is 0.737. The molecule has 0 saturated carbocycles. The highest BCUT2D eigenvalue weighted by Gasteiger charge is 2.53. The van der Waals surface area contributed by atoms with Crippen LogP contribution in [0.1, 0.15) is 46.4 Å². The Labute approximate surface area is 191 Å². The van der Waals surface area contributed by atoms with Crippen molar-refractivity contribution in [3.63, 3.8) is 0 Å². The molecule has 1 saturated heterocycles. The van der Waals surface area contributed by atoms with Crippen LogP contribution in [-0.2, 0) is 16.4 Å². The van der Waals surface area contributed by atoms with Gasteiger partial charge in [-0.25, -0.2) is 8.42 Å². The molecule has 0 unspecified atom stereocenters. The summed E-state index contributed by atoms with van der Waals surface area (Å²) >= 11 is 1.36. The number of likely N-dealkylation sites (tertiary alicyclic amines) is 1. The highest BCUT2D eigenvalue weighted by molar-refractivity contribution is 14.0. The number of guanidine groups is 1. The third-order valence-corrected chi connectivity index (χ3v) is 9.61. The van der Waals surface area contributed by atoms with E-state index in [-0.39, 0.29) is 34.9 Å². The summed E-state index contributed by atoms with van der Waals surface area (Å²) in [6, 6.07) is 3.64. The number of sulfonamides is 1. The molecule has 162 valence electrons. The molecule has 1 aromatic heterocycles. The molecule has 1 aromatic rings. The molecule has 0 amide bonds. The molecule has 1 N–H and O–H groups in total. The smallest absolute Gasteiger partial charge is 0.252 e. The third kappa shape index (κ3) is 4.84. The van der Waals surface area contributed by atoms with Crippen molar-refractivity contribution in [2.75, 3.05) is 33.2 Å². The van der Waals surface area contributed by atoms with Crippen molar-refractivity contribution in [3.8, 4) is 0 Å². The Balaban J connectivity index is 0.00000392. The van der Waals surface area contributed by atoms with Crippen LogP contribution in [-0.4, -0.2) is 62.3 Å². The zero-order valence-electron chi connectivity index (χ0n) is 18.1. The van der Waals surface area contributed by atoms with Crippen molar-refractivity contribution in [3.05, 3.63) is 17.0 Å². The summed E-state index contributed by atoms with van der Waals surface area (Å²) in [6.07, 6.45) is 0.773. The van der Waals surface area contributed by atoms with E-state index in [1.54, 1.807) is 6.07 Å². The van der Waals surface area contributed by atoms with E-state index in [9.17, 15) is 8.42 Å². The lowest BCUT2D eigenvalue weighted by atomic mass is 9.65. The molecule has 1 fully saturated rings. The van der Waals surface area contributed by atoms with Gasteiger partial charge in [0, 0.05) is 49.1 Å². The minimum atomic E-state index is -3.36. The molecule has 0 aliphatic carbocycles. The molecule has 1 aliphatic heterocycles. The highest BCUT2D eigenvalue weighted by atomic mass is 127. The predicted molar refractivity (Wildman–Crippen MR) is 129 cm³/mol. The predicted octanol–water partition coefficient (Wildman–Crippen LogP) is 3.63. The summed E-state index contributed by atoms with van der Waals surface area (Å²) in [7, 11) is -1.55. The molecular formula is C19H35IN4O2S2. The number of halogens is 1. The molecule has 2 rings (SSSR count). The first-order valence-corrected chi connectivity index (χ1v) is 11.8. The van der Waals surface area contributed by atoms with Gasteiger partial charge >= 0.3 is 0 Å². The van der Waals surface area contributed by atoms with Crippen molar-refractivity contribution >= 4 is 51.3 Å². The van der Waals surface area contributed by atoms with Crippen LogP contribution in [0, 0.1) is 5.41 Å². The Bertz CT molecular complexity index is 784. The number of hydrogen-bond acceptors (Lipinski definition) is 4. The van der Waals surface area contributed by atoms with E-state index in [1.165, 1.54) is 15.6 Å². The molecular weight excluding hydrogens is 507 g/mol. The van der Waals surface area contributed by atoms with Crippen molar-refractivity contribution in [1.82, 2.24) is 14.5 Å². The minimum absolute atomic E-state index is 0. The van der Waals surface area contributed by atoms with Crippen LogP contribution in [0.3, 0.4) is 0 Å². The Kier molecular flexibility index (Phi) is 8.80. The maximum atomic E-state index is 12.6. The summed E-state index contributed by atoms with van der Waals surface area (Å²) < 4.78 is 27.1. The van der Waals surface area contributed by atoms with Crippen molar-refractivity contribution in [2.24, 2.45) is 10.4 Å². The molecule has 0 radical (unpaired) electrons. The monoisotopic (exact) mass is 542 g/mol. The van der Waals surface area contributed by atoms with Crippen LogP contribution in [0.15, 0.2) is 21.3 Å². The van der Waals surface area contributed by atoms with Gasteiger partial charge in [0.15, 0.2) is 5.96 Å². The van der Waals surface area contributed by atoms with E-state index in [2.05, 4.69) is 42.9 Å². The van der Waals surface area contributed by atoms with E-state index in [0.717, 1.165) is 30.3 Å². The Morgan fingerprint density at radius 3 is 2.32 bits per heavy atom. The second-order valence-corrected chi connectivity index (χ2v) is 11.4. The van der Waals surface area contributed by atoms with Gasteiger partial charge < -0.3 is 10.2 Å². The van der Waals surface area contributed by atoms with Crippen LogP contribution in [0.4, 0.5) is 0 Å². The average molecular weight is 543 g/mol. The van der Waals surface area contributed by atoms with Crippen molar-refractivity contribution in [2.45, 2.75) is 57.7 Å². The van der Waals surface area contributed by atoms with Crippen molar-refractivity contribution < 1.29 is 8.42 Å². The first kappa shape index (κ1) is 25.6. The van der Waals surface area contributed by atoms with E-state index < -0.39 is 10.0 Å². The normalized spacial score (nSPS) is 18.6. The lowest BCUT2D eigenvalue weighted by Gasteiger charge is -2.62. The van der Waals surface area contributed by atoms with Crippen LogP contribution in [0.5, 0.6) is 0 Å². The third-order valence-electron chi connectivity index (χ3n) is 5.94. The maximum absolute atomic E-state index is 12.6. The lowest BCUT2D eigenvalue weighted by molar-refractivity contribution is -0.0666. The molecule has 0 bridgehead atoms. The Hall–Kier alpha value is -0.390. The molecule has 1 aliphatic rings. The zero-order valence-corrected chi connectivity index (χ0v) is 22.0. The summed E-state index contributed by atoms with van der Waals surface area (Å²) in [5.74, 6) is 0.909. The molecule has 0 spiro atoms. The fourth-order valence-corrected chi connectivity index (χ4v) is 6.28. The molecule has 0 atom stereocenters. The average Bonchev–Trinajstić information content (AvgIpc) is 3.08. The fourth-order valence-electron chi connectivity index (χ4n) is 3.31.